The highest BCUT2D eigenvalue weighted by atomic mass is 15.1. The van der Waals surface area contributed by atoms with E-state index in [0.29, 0.717) is 6.04 Å². The Kier molecular flexibility index (Phi) is 4.94. The van der Waals surface area contributed by atoms with Crippen molar-refractivity contribution in [2.75, 3.05) is 19.0 Å². The van der Waals surface area contributed by atoms with Gasteiger partial charge >= 0.3 is 0 Å². The van der Waals surface area contributed by atoms with E-state index in [2.05, 4.69) is 65.3 Å². The molecule has 0 saturated carbocycles. The van der Waals surface area contributed by atoms with Crippen LogP contribution in [0.4, 0.5) is 5.69 Å². The summed E-state index contributed by atoms with van der Waals surface area (Å²) >= 11 is 0. The van der Waals surface area contributed by atoms with Crippen LogP contribution in [0.2, 0.25) is 0 Å². The molecule has 20 heavy (non-hydrogen) atoms. The Balaban J connectivity index is 1.95. The van der Waals surface area contributed by atoms with Crippen molar-refractivity contribution in [2.45, 2.75) is 19.4 Å². The van der Waals surface area contributed by atoms with Crippen LogP contribution < -0.4 is 4.90 Å². The molecule has 0 saturated heterocycles. The van der Waals surface area contributed by atoms with Crippen molar-refractivity contribution in [1.82, 2.24) is 0 Å². The fraction of sp³-hybridized carbons (Fsp3) is 0.278. The molecule has 2 aromatic carbocycles. The van der Waals surface area contributed by atoms with Crippen LogP contribution in [0.25, 0.3) is 0 Å². The van der Waals surface area contributed by atoms with Gasteiger partial charge in [0, 0.05) is 26.0 Å². The molecule has 1 atom stereocenters. The van der Waals surface area contributed by atoms with Gasteiger partial charge in [0.2, 0.25) is 0 Å². The Morgan fingerprint density at radius 1 is 1.00 bits per heavy atom. The van der Waals surface area contributed by atoms with Gasteiger partial charge in [-0.15, -0.1) is 0 Å². The molecule has 0 fully saturated rings. The van der Waals surface area contributed by atoms with Crippen LogP contribution in [0.5, 0.6) is 0 Å². The summed E-state index contributed by atoms with van der Waals surface area (Å²) in [5.74, 6) is 0. The molecule has 0 N–H and O–H groups in total. The maximum atomic E-state index is 4.63. The van der Waals surface area contributed by atoms with E-state index in [4.69, 9.17) is 0 Å². The second-order valence-electron chi connectivity index (χ2n) is 5.30. The van der Waals surface area contributed by atoms with E-state index in [1.807, 2.05) is 26.4 Å². The zero-order valence-corrected chi connectivity index (χ0v) is 12.5. The highest BCUT2D eigenvalue weighted by Gasteiger charge is 2.00. The zero-order chi connectivity index (χ0) is 14.4. The first-order valence-electron chi connectivity index (χ1n) is 6.99. The standard InChI is InChI=1S/C18H22N2/c1-15(13-16-7-5-4-6-8-16)19-14-17-9-11-18(12-10-17)20(2)3/h4-12,14-15H,13H2,1-3H3/t15-/m1/s1. The van der Waals surface area contributed by atoms with Gasteiger partial charge in [0.25, 0.3) is 0 Å². The van der Waals surface area contributed by atoms with Crippen molar-refractivity contribution in [3.63, 3.8) is 0 Å². The maximum absolute atomic E-state index is 4.63. The van der Waals surface area contributed by atoms with Gasteiger partial charge in [-0.3, -0.25) is 4.99 Å². The third kappa shape index (κ3) is 4.23. The third-order valence-corrected chi connectivity index (χ3v) is 3.26. The van der Waals surface area contributed by atoms with Crippen LogP contribution in [-0.4, -0.2) is 26.4 Å². The van der Waals surface area contributed by atoms with Crippen molar-refractivity contribution >= 4 is 11.9 Å². The predicted octanol–water partition coefficient (Wildman–Crippen LogP) is 3.80. The lowest BCUT2D eigenvalue weighted by Gasteiger charge is -2.12. The molecule has 0 aliphatic rings. The molecule has 0 aromatic heterocycles. The van der Waals surface area contributed by atoms with Gasteiger partial charge in [-0.2, -0.15) is 0 Å². The number of benzene rings is 2. The zero-order valence-electron chi connectivity index (χ0n) is 12.5. The summed E-state index contributed by atoms with van der Waals surface area (Å²) in [6.45, 7) is 2.15. The number of aliphatic imine (C=N–C) groups is 1. The summed E-state index contributed by atoms with van der Waals surface area (Å²) in [5.41, 5.74) is 3.69. The highest BCUT2D eigenvalue weighted by molar-refractivity contribution is 5.80. The van der Waals surface area contributed by atoms with Crippen LogP contribution >= 0.6 is 0 Å². The molecule has 0 aliphatic heterocycles. The predicted molar refractivity (Wildman–Crippen MR) is 88.0 cm³/mol. The Bertz CT molecular complexity index is 541. The lowest BCUT2D eigenvalue weighted by molar-refractivity contribution is 0.744. The summed E-state index contributed by atoms with van der Waals surface area (Å²) in [6.07, 6.45) is 2.94. The van der Waals surface area contributed by atoms with Crippen molar-refractivity contribution in [3.05, 3.63) is 65.7 Å². The molecule has 0 amide bonds. The van der Waals surface area contributed by atoms with Crippen molar-refractivity contribution in [3.8, 4) is 0 Å². The van der Waals surface area contributed by atoms with E-state index < -0.39 is 0 Å². The molecular weight excluding hydrogens is 244 g/mol. The number of hydrogen-bond donors (Lipinski definition) is 0. The van der Waals surface area contributed by atoms with E-state index in [-0.39, 0.29) is 0 Å². The first-order chi connectivity index (χ1) is 9.65. The molecule has 0 bridgehead atoms. The van der Waals surface area contributed by atoms with Crippen molar-refractivity contribution in [2.24, 2.45) is 4.99 Å². The highest BCUT2D eigenvalue weighted by Crippen LogP contribution is 2.11. The fourth-order valence-electron chi connectivity index (χ4n) is 2.08. The van der Waals surface area contributed by atoms with E-state index in [9.17, 15) is 0 Å². The molecule has 104 valence electrons. The summed E-state index contributed by atoms with van der Waals surface area (Å²) in [5, 5.41) is 0. The fourth-order valence-corrected chi connectivity index (χ4v) is 2.08. The third-order valence-electron chi connectivity index (χ3n) is 3.26. The Morgan fingerprint density at radius 3 is 2.25 bits per heavy atom. The molecule has 0 unspecified atom stereocenters. The van der Waals surface area contributed by atoms with Crippen LogP contribution in [0.15, 0.2) is 59.6 Å². The Hall–Kier alpha value is -2.09. The van der Waals surface area contributed by atoms with Gasteiger partial charge in [0.05, 0.1) is 6.04 Å². The molecule has 0 heterocycles. The average molecular weight is 266 g/mol. The number of hydrogen-bond acceptors (Lipinski definition) is 2. The van der Waals surface area contributed by atoms with Gasteiger partial charge in [-0.25, -0.2) is 0 Å². The molecule has 0 aliphatic carbocycles. The Morgan fingerprint density at radius 2 is 1.65 bits per heavy atom. The monoisotopic (exact) mass is 266 g/mol. The van der Waals surface area contributed by atoms with Gasteiger partial charge in [-0.05, 0) is 36.6 Å². The summed E-state index contributed by atoms with van der Waals surface area (Å²) < 4.78 is 0. The number of nitrogens with zero attached hydrogens (tertiary/aromatic N) is 2. The van der Waals surface area contributed by atoms with E-state index >= 15 is 0 Å². The van der Waals surface area contributed by atoms with Crippen LogP contribution in [0.3, 0.4) is 0 Å². The van der Waals surface area contributed by atoms with Crippen LogP contribution in [0.1, 0.15) is 18.1 Å². The molecule has 0 spiro atoms. The normalized spacial score (nSPS) is 12.6. The van der Waals surface area contributed by atoms with Gasteiger partial charge in [-0.1, -0.05) is 42.5 Å². The van der Waals surface area contributed by atoms with Gasteiger partial charge < -0.3 is 4.90 Å². The van der Waals surface area contributed by atoms with E-state index in [0.717, 1.165) is 12.0 Å². The molecule has 2 nitrogen and oxygen atoms in total. The lowest BCUT2D eigenvalue weighted by Crippen LogP contribution is -2.08. The second kappa shape index (κ2) is 6.90. The Labute approximate surface area is 121 Å². The molecular formula is C18H22N2. The van der Waals surface area contributed by atoms with Gasteiger partial charge in [0.15, 0.2) is 0 Å². The molecule has 2 aromatic rings. The van der Waals surface area contributed by atoms with Crippen LogP contribution in [-0.2, 0) is 6.42 Å². The summed E-state index contributed by atoms with van der Waals surface area (Å²) in [6, 6.07) is 19.2. The van der Waals surface area contributed by atoms with E-state index in [1.165, 1.54) is 11.3 Å². The molecule has 2 heteroatoms. The average Bonchev–Trinajstić information content (AvgIpc) is 2.46. The summed E-state index contributed by atoms with van der Waals surface area (Å²) in [4.78, 5) is 6.72. The van der Waals surface area contributed by atoms with Crippen molar-refractivity contribution in [1.29, 1.82) is 0 Å². The maximum Gasteiger partial charge on any atom is 0.0511 e. The largest absolute Gasteiger partial charge is 0.378 e. The topological polar surface area (TPSA) is 15.6 Å². The van der Waals surface area contributed by atoms with Crippen molar-refractivity contribution < 1.29 is 0 Å². The van der Waals surface area contributed by atoms with Crippen LogP contribution in [0, 0.1) is 0 Å². The minimum Gasteiger partial charge on any atom is -0.378 e. The summed E-state index contributed by atoms with van der Waals surface area (Å²) in [7, 11) is 4.09. The molecule has 0 radical (unpaired) electrons. The quantitative estimate of drug-likeness (QED) is 0.752. The first kappa shape index (κ1) is 14.3. The lowest BCUT2D eigenvalue weighted by atomic mass is 10.1. The SMILES string of the molecule is C[C@H](Cc1ccccc1)N=Cc1ccc(N(C)C)cc1. The number of rotatable bonds is 5. The van der Waals surface area contributed by atoms with E-state index in [1.54, 1.807) is 0 Å². The minimum absolute atomic E-state index is 0.297. The minimum atomic E-state index is 0.297. The second-order valence-corrected chi connectivity index (χ2v) is 5.30. The molecule has 2 rings (SSSR count). The number of anilines is 1. The smallest absolute Gasteiger partial charge is 0.0511 e. The van der Waals surface area contributed by atoms with Gasteiger partial charge in [0.1, 0.15) is 0 Å². The first-order valence-corrected chi connectivity index (χ1v) is 6.99.